The number of rotatable bonds is 5. The second-order valence-electron chi connectivity index (χ2n) is 9.40. The molecular weight excluding hydrogens is 536 g/mol. The number of hydrogen-bond donors (Lipinski definition) is 0. The van der Waals surface area contributed by atoms with Crippen molar-refractivity contribution in [1.82, 2.24) is 9.80 Å². The summed E-state index contributed by atoms with van der Waals surface area (Å²) < 4.78 is 68.6. The molecule has 1 fully saturated rings. The quantitative estimate of drug-likeness (QED) is 0.304. The second kappa shape index (κ2) is 11.2. The molecule has 0 aliphatic carbocycles. The molecular formula is C27H28F4N4O3S. The number of aliphatic imine (C=N–C) groups is 1. The average Bonchev–Trinajstić information content (AvgIpc) is 3.12. The molecule has 2 aromatic rings. The van der Waals surface area contributed by atoms with Crippen molar-refractivity contribution in [3.8, 4) is 11.1 Å². The Labute approximate surface area is 228 Å². The van der Waals surface area contributed by atoms with Crippen molar-refractivity contribution in [3.63, 3.8) is 0 Å². The molecule has 0 bridgehead atoms. The lowest BCUT2D eigenvalue weighted by Gasteiger charge is -2.40. The number of anilines is 1. The van der Waals surface area contributed by atoms with Crippen LogP contribution in [0.15, 0.2) is 52.9 Å². The van der Waals surface area contributed by atoms with Gasteiger partial charge in [-0.3, -0.25) is 4.79 Å². The minimum absolute atomic E-state index is 0.0197. The number of amidine groups is 1. The van der Waals surface area contributed by atoms with E-state index in [1.165, 1.54) is 55.3 Å². The van der Waals surface area contributed by atoms with Crippen LogP contribution in [0.1, 0.15) is 11.1 Å². The van der Waals surface area contributed by atoms with Crippen molar-refractivity contribution in [3.05, 3.63) is 59.9 Å². The maximum Gasteiger partial charge on any atom is 0.417 e. The molecule has 1 atom stereocenters. The number of nitrogens with zero attached hydrogens (tertiary/aromatic N) is 4. The van der Waals surface area contributed by atoms with Crippen LogP contribution in [0.25, 0.3) is 11.1 Å². The Bertz CT molecular complexity index is 1280. The van der Waals surface area contributed by atoms with Gasteiger partial charge < -0.3 is 24.2 Å². The zero-order chi connectivity index (χ0) is 27.7. The highest BCUT2D eigenvalue weighted by atomic mass is 32.2. The predicted molar refractivity (Wildman–Crippen MR) is 141 cm³/mol. The maximum absolute atomic E-state index is 14.7. The summed E-state index contributed by atoms with van der Waals surface area (Å²) in [6.07, 6.45) is -3.72. The SMILES string of the molecule is C=CC(=O)N1CCN(C2=NCN3CC(OCOC)CSc4c(-c5ccc(F)cc5)c(C(F)(F)F)cc2c43)CC1. The van der Waals surface area contributed by atoms with E-state index in [2.05, 4.69) is 6.58 Å². The minimum atomic E-state index is -4.67. The molecule has 0 spiro atoms. The van der Waals surface area contributed by atoms with Crippen LogP contribution in [-0.2, 0) is 20.4 Å². The van der Waals surface area contributed by atoms with Gasteiger partial charge in [0.2, 0.25) is 5.91 Å². The molecule has 208 valence electrons. The molecule has 3 heterocycles. The van der Waals surface area contributed by atoms with E-state index in [1.807, 2.05) is 9.80 Å². The minimum Gasteiger partial charge on any atom is -0.359 e. The first kappa shape index (κ1) is 27.5. The Morgan fingerprint density at radius 3 is 2.54 bits per heavy atom. The number of hydrogen-bond acceptors (Lipinski definition) is 7. The van der Waals surface area contributed by atoms with Crippen LogP contribution < -0.4 is 4.90 Å². The number of piperazine rings is 1. The highest BCUT2D eigenvalue weighted by molar-refractivity contribution is 7.99. The maximum atomic E-state index is 14.7. The fourth-order valence-electron chi connectivity index (χ4n) is 5.13. The lowest BCUT2D eigenvalue weighted by Crippen LogP contribution is -2.51. The van der Waals surface area contributed by atoms with Crippen LogP contribution in [-0.4, -0.2) is 86.7 Å². The molecule has 0 radical (unpaired) electrons. The van der Waals surface area contributed by atoms with Crippen molar-refractivity contribution < 1.29 is 31.8 Å². The van der Waals surface area contributed by atoms with Gasteiger partial charge in [-0.25, -0.2) is 9.38 Å². The van der Waals surface area contributed by atoms with E-state index < -0.39 is 17.6 Å². The van der Waals surface area contributed by atoms with Gasteiger partial charge in [0.15, 0.2) is 0 Å². The van der Waals surface area contributed by atoms with Gasteiger partial charge in [0.1, 0.15) is 25.1 Å². The van der Waals surface area contributed by atoms with Crippen LogP contribution >= 0.6 is 11.8 Å². The summed E-state index contributed by atoms with van der Waals surface area (Å²) in [7, 11) is 1.51. The molecule has 12 heteroatoms. The topological polar surface area (TPSA) is 57.6 Å². The Morgan fingerprint density at radius 1 is 1.18 bits per heavy atom. The smallest absolute Gasteiger partial charge is 0.359 e. The monoisotopic (exact) mass is 564 g/mol. The molecule has 1 amide bonds. The standard InChI is InChI=1S/C27H28F4N4O3S/c1-3-22(36)33-8-10-34(11-9-33)26-20-12-21(27(29,30)31)23(17-4-6-18(28)7-5-17)25-24(20)35(15-32-26)13-19(14-39-25)38-16-37-2/h3-7,12,19H,1,8-11,13-16H2,2H3. The van der Waals surface area contributed by atoms with Crippen LogP contribution in [0.5, 0.6) is 0 Å². The predicted octanol–water partition coefficient (Wildman–Crippen LogP) is 4.46. The number of carbonyl (C=O) groups is 1. The van der Waals surface area contributed by atoms with E-state index in [-0.39, 0.29) is 36.6 Å². The van der Waals surface area contributed by atoms with Gasteiger partial charge in [0.25, 0.3) is 0 Å². The molecule has 39 heavy (non-hydrogen) atoms. The van der Waals surface area contributed by atoms with Crippen molar-refractivity contribution in [2.45, 2.75) is 17.2 Å². The fourth-order valence-corrected chi connectivity index (χ4v) is 6.44. The van der Waals surface area contributed by atoms with Crippen molar-refractivity contribution in [1.29, 1.82) is 0 Å². The molecule has 0 aromatic heterocycles. The number of ether oxygens (including phenoxy) is 2. The first-order valence-electron chi connectivity index (χ1n) is 12.4. The third kappa shape index (κ3) is 5.50. The molecule has 7 nitrogen and oxygen atoms in total. The van der Waals surface area contributed by atoms with E-state index in [0.717, 1.165) is 0 Å². The Morgan fingerprint density at radius 2 is 1.90 bits per heavy atom. The molecule has 0 saturated carbocycles. The number of benzene rings is 2. The third-order valence-electron chi connectivity index (χ3n) is 6.97. The van der Waals surface area contributed by atoms with Gasteiger partial charge in [0.05, 0.1) is 17.4 Å². The first-order valence-corrected chi connectivity index (χ1v) is 13.4. The second-order valence-corrected chi connectivity index (χ2v) is 10.4. The summed E-state index contributed by atoms with van der Waals surface area (Å²) in [4.78, 5) is 22.8. The van der Waals surface area contributed by atoms with Gasteiger partial charge in [0, 0.05) is 61.6 Å². The number of methoxy groups -OCH3 is 1. The van der Waals surface area contributed by atoms with Gasteiger partial charge in [-0.1, -0.05) is 18.7 Å². The molecule has 0 N–H and O–H groups in total. The number of carbonyl (C=O) groups excluding carboxylic acids is 1. The molecule has 1 saturated heterocycles. The lowest BCUT2D eigenvalue weighted by atomic mass is 9.93. The van der Waals surface area contributed by atoms with Gasteiger partial charge in [-0.05, 0) is 29.8 Å². The fraction of sp³-hybridized carbons (Fsp3) is 0.407. The Kier molecular flexibility index (Phi) is 7.88. The van der Waals surface area contributed by atoms with Crippen LogP contribution in [0.3, 0.4) is 0 Å². The molecule has 3 aliphatic rings. The Hall–Kier alpha value is -3.09. The summed E-state index contributed by atoms with van der Waals surface area (Å²) in [5, 5.41) is 0. The molecule has 5 rings (SSSR count). The molecule has 3 aliphatic heterocycles. The van der Waals surface area contributed by atoms with E-state index >= 15 is 0 Å². The lowest BCUT2D eigenvalue weighted by molar-refractivity contribution is -0.137. The van der Waals surface area contributed by atoms with E-state index in [4.69, 9.17) is 14.5 Å². The number of alkyl halides is 3. The van der Waals surface area contributed by atoms with E-state index in [1.54, 1.807) is 4.90 Å². The highest BCUT2D eigenvalue weighted by Crippen LogP contribution is 2.50. The molecule has 1 unspecified atom stereocenters. The Balaban J connectivity index is 1.64. The third-order valence-corrected chi connectivity index (χ3v) is 8.19. The zero-order valence-corrected chi connectivity index (χ0v) is 22.2. The summed E-state index contributed by atoms with van der Waals surface area (Å²) in [6.45, 7) is 5.94. The number of amides is 1. The summed E-state index contributed by atoms with van der Waals surface area (Å²) in [5.74, 6) is 0.171. The van der Waals surface area contributed by atoms with Crippen LogP contribution in [0.2, 0.25) is 0 Å². The van der Waals surface area contributed by atoms with E-state index in [9.17, 15) is 22.4 Å². The normalized spacial score (nSPS) is 19.4. The molecule has 2 aromatic carbocycles. The van der Waals surface area contributed by atoms with Gasteiger partial charge >= 0.3 is 6.18 Å². The van der Waals surface area contributed by atoms with Gasteiger partial charge in [-0.2, -0.15) is 13.2 Å². The average molecular weight is 565 g/mol. The van der Waals surface area contributed by atoms with Crippen LogP contribution in [0, 0.1) is 5.82 Å². The largest absolute Gasteiger partial charge is 0.417 e. The first-order chi connectivity index (χ1) is 18.7. The number of halogens is 4. The van der Waals surface area contributed by atoms with Crippen molar-refractivity contribution >= 4 is 29.2 Å². The summed E-state index contributed by atoms with van der Waals surface area (Å²) >= 11 is 1.29. The van der Waals surface area contributed by atoms with Crippen LogP contribution in [0.4, 0.5) is 23.2 Å². The summed E-state index contributed by atoms with van der Waals surface area (Å²) in [5.41, 5.74) is 0.544. The van der Waals surface area contributed by atoms with Gasteiger partial charge in [-0.15, -0.1) is 11.8 Å². The number of thioether (sulfide) groups is 1. The summed E-state index contributed by atoms with van der Waals surface area (Å²) in [6, 6.07) is 6.27. The van der Waals surface area contributed by atoms with Crippen molar-refractivity contribution in [2.75, 3.05) is 63.9 Å². The highest BCUT2D eigenvalue weighted by Gasteiger charge is 2.41. The van der Waals surface area contributed by atoms with E-state index in [0.29, 0.717) is 60.5 Å². The van der Waals surface area contributed by atoms with Crippen molar-refractivity contribution in [2.24, 2.45) is 4.99 Å². The zero-order valence-electron chi connectivity index (χ0n) is 21.3.